The van der Waals surface area contributed by atoms with Crippen LogP contribution in [-0.2, 0) is 4.74 Å². The van der Waals surface area contributed by atoms with E-state index in [0.717, 1.165) is 0 Å². The molecule has 0 spiro atoms. The summed E-state index contributed by atoms with van der Waals surface area (Å²) in [6.45, 7) is 4.73. The van der Waals surface area contributed by atoms with Crippen molar-refractivity contribution in [2.75, 3.05) is 20.2 Å². The van der Waals surface area contributed by atoms with Gasteiger partial charge in [-0.1, -0.05) is 0 Å². The SMILES string of the molecule is COc1ccc2oc(=O)c(C(=O)N3C[C@@H](C)O[C@H](C)C3)cc2c1. The Morgan fingerprint density at radius 2 is 1.91 bits per heavy atom. The van der Waals surface area contributed by atoms with E-state index < -0.39 is 5.63 Å². The molecule has 23 heavy (non-hydrogen) atoms. The van der Waals surface area contributed by atoms with Crippen molar-refractivity contribution in [3.8, 4) is 5.75 Å². The predicted molar refractivity (Wildman–Crippen MR) is 84.9 cm³/mol. The second-order valence-electron chi connectivity index (χ2n) is 5.82. The van der Waals surface area contributed by atoms with Gasteiger partial charge in [-0.3, -0.25) is 4.79 Å². The van der Waals surface area contributed by atoms with Gasteiger partial charge >= 0.3 is 5.63 Å². The van der Waals surface area contributed by atoms with Crippen molar-refractivity contribution in [2.45, 2.75) is 26.1 Å². The van der Waals surface area contributed by atoms with Crippen LogP contribution in [0.3, 0.4) is 0 Å². The summed E-state index contributed by atoms with van der Waals surface area (Å²) in [6, 6.07) is 6.66. The molecule has 2 heterocycles. The number of methoxy groups -OCH3 is 1. The second-order valence-corrected chi connectivity index (χ2v) is 5.82. The third-order valence-corrected chi connectivity index (χ3v) is 3.88. The Labute approximate surface area is 133 Å². The van der Waals surface area contributed by atoms with E-state index in [4.69, 9.17) is 13.9 Å². The molecule has 2 atom stereocenters. The fraction of sp³-hybridized carbons (Fsp3) is 0.412. The lowest BCUT2D eigenvalue weighted by atomic mass is 10.1. The smallest absolute Gasteiger partial charge is 0.349 e. The zero-order valence-corrected chi connectivity index (χ0v) is 13.4. The minimum Gasteiger partial charge on any atom is -0.497 e. The van der Waals surface area contributed by atoms with E-state index in [1.807, 2.05) is 13.8 Å². The largest absolute Gasteiger partial charge is 0.497 e. The first-order chi connectivity index (χ1) is 11.0. The molecule has 3 rings (SSSR count). The summed E-state index contributed by atoms with van der Waals surface area (Å²) in [4.78, 5) is 26.5. The minimum atomic E-state index is -0.625. The number of hydrogen-bond donors (Lipinski definition) is 0. The number of benzene rings is 1. The molecule has 122 valence electrons. The number of fused-ring (bicyclic) bond motifs is 1. The van der Waals surface area contributed by atoms with Crippen LogP contribution in [0.4, 0.5) is 0 Å². The third-order valence-electron chi connectivity index (χ3n) is 3.88. The van der Waals surface area contributed by atoms with Crippen LogP contribution in [0.25, 0.3) is 11.0 Å². The van der Waals surface area contributed by atoms with E-state index in [0.29, 0.717) is 29.8 Å². The van der Waals surface area contributed by atoms with Crippen molar-refractivity contribution in [1.82, 2.24) is 4.90 Å². The monoisotopic (exact) mass is 317 g/mol. The quantitative estimate of drug-likeness (QED) is 0.793. The molecule has 1 saturated heterocycles. The lowest BCUT2D eigenvalue weighted by molar-refractivity contribution is -0.0587. The van der Waals surface area contributed by atoms with Gasteiger partial charge in [-0.15, -0.1) is 0 Å². The Hall–Kier alpha value is -2.34. The van der Waals surface area contributed by atoms with Crippen LogP contribution in [0.2, 0.25) is 0 Å². The number of nitrogens with zero attached hydrogens (tertiary/aromatic N) is 1. The Kier molecular flexibility index (Phi) is 4.09. The van der Waals surface area contributed by atoms with Crippen LogP contribution in [0.1, 0.15) is 24.2 Å². The fourth-order valence-corrected chi connectivity index (χ4v) is 2.89. The first-order valence-corrected chi connectivity index (χ1v) is 7.54. The molecule has 0 saturated carbocycles. The Morgan fingerprint density at radius 3 is 2.57 bits per heavy atom. The van der Waals surface area contributed by atoms with Gasteiger partial charge in [0.1, 0.15) is 16.9 Å². The maximum Gasteiger partial charge on any atom is 0.349 e. The third kappa shape index (κ3) is 3.07. The number of carbonyl (C=O) groups excluding carboxylic acids is 1. The van der Waals surface area contributed by atoms with Gasteiger partial charge in [0.2, 0.25) is 0 Å². The van der Waals surface area contributed by atoms with Crippen LogP contribution >= 0.6 is 0 Å². The fourth-order valence-electron chi connectivity index (χ4n) is 2.89. The number of amides is 1. The van der Waals surface area contributed by atoms with Gasteiger partial charge in [0.15, 0.2) is 0 Å². The lowest BCUT2D eigenvalue weighted by Gasteiger charge is -2.35. The van der Waals surface area contributed by atoms with Gasteiger partial charge in [-0.2, -0.15) is 0 Å². The molecule has 0 radical (unpaired) electrons. The van der Waals surface area contributed by atoms with Gasteiger partial charge in [-0.05, 0) is 38.1 Å². The van der Waals surface area contributed by atoms with E-state index in [1.165, 1.54) is 0 Å². The minimum absolute atomic E-state index is 0.0343. The van der Waals surface area contributed by atoms with Crippen molar-refractivity contribution in [2.24, 2.45) is 0 Å². The molecule has 1 aromatic carbocycles. The van der Waals surface area contributed by atoms with Gasteiger partial charge < -0.3 is 18.8 Å². The van der Waals surface area contributed by atoms with E-state index in [2.05, 4.69) is 0 Å². The van der Waals surface area contributed by atoms with Crippen molar-refractivity contribution in [3.63, 3.8) is 0 Å². The number of carbonyl (C=O) groups is 1. The summed E-state index contributed by atoms with van der Waals surface area (Å²) in [5, 5.41) is 0.654. The zero-order chi connectivity index (χ0) is 16.6. The highest BCUT2D eigenvalue weighted by molar-refractivity contribution is 5.96. The normalized spacial score (nSPS) is 21.4. The molecule has 1 aliphatic heterocycles. The van der Waals surface area contributed by atoms with Crippen LogP contribution in [0.5, 0.6) is 5.75 Å². The molecule has 6 heteroatoms. The average molecular weight is 317 g/mol. The molecular formula is C17H19NO5. The van der Waals surface area contributed by atoms with Gasteiger partial charge in [0.05, 0.1) is 19.3 Å². The van der Waals surface area contributed by atoms with E-state index in [-0.39, 0.29) is 23.7 Å². The van der Waals surface area contributed by atoms with Gasteiger partial charge in [0.25, 0.3) is 5.91 Å². The van der Waals surface area contributed by atoms with Crippen LogP contribution in [0, 0.1) is 0 Å². The molecule has 1 fully saturated rings. The molecule has 0 N–H and O–H groups in total. The topological polar surface area (TPSA) is 69.0 Å². The molecule has 2 aromatic rings. The van der Waals surface area contributed by atoms with Crippen molar-refractivity contribution >= 4 is 16.9 Å². The maximum atomic E-state index is 12.7. The van der Waals surface area contributed by atoms with Gasteiger partial charge in [0, 0.05) is 18.5 Å². The summed E-state index contributed by atoms with van der Waals surface area (Å²) < 4.78 is 16.1. The Morgan fingerprint density at radius 1 is 1.22 bits per heavy atom. The number of ether oxygens (including phenoxy) is 2. The summed E-state index contributed by atoms with van der Waals surface area (Å²) in [7, 11) is 1.56. The summed E-state index contributed by atoms with van der Waals surface area (Å²) >= 11 is 0. The Balaban J connectivity index is 1.99. The molecular weight excluding hydrogens is 298 g/mol. The van der Waals surface area contributed by atoms with Crippen LogP contribution < -0.4 is 10.4 Å². The molecule has 0 unspecified atom stereocenters. The average Bonchev–Trinajstić information content (AvgIpc) is 2.52. The number of morpholine rings is 1. The van der Waals surface area contributed by atoms with Crippen LogP contribution in [0.15, 0.2) is 33.5 Å². The standard InChI is InChI=1S/C17H19NO5/c1-10-8-18(9-11(2)22-10)16(19)14-7-12-6-13(21-3)4-5-15(12)23-17(14)20/h4-7,10-11H,8-9H2,1-3H3/t10-,11-/m1/s1. The number of rotatable bonds is 2. The summed E-state index contributed by atoms with van der Waals surface area (Å²) in [6.07, 6.45) is -0.120. The van der Waals surface area contributed by atoms with Crippen molar-refractivity contribution in [3.05, 3.63) is 40.2 Å². The zero-order valence-electron chi connectivity index (χ0n) is 13.4. The highest BCUT2D eigenvalue weighted by atomic mass is 16.5. The predicted octanol–water partition coefficient (Wildman–Crippen LogP) is 2.05. The van der Waals surface area contributed by atoms with E-state index in [1.54, 1.807) is 36.3 Å². The molecule has 0 bridgehead atoms. The van der Waals surface area contributed by atoms with Gasteiger partial charge in [-0.25, -0.2) is 4.79 Å². The van der Waals surface area contributed by atoms with E-state index >= 15 is 0 Å². The highest BCUT2D eigenvalue weighted by Crippen LogP contribution is 2.21. The lowest BCUT2D eigenvalue weighted by Crippen LogP contribution is -2.49. The number of hydrogen-bond acceptors (Lipinski definition) is 5. The molecule has 1 aliphatic rings. The summed E-state index contributed by atoms with van der Waals surface area (Å²) in [5.41, 5.74) is -0.164. The first-order valence-electron chi connectivity index (χ1n) is 7.54. The van der Waals surface area contributed by atoms with Crippen molar-refractivity contribution < 1.29 is 18.7 Å². The molecule has 1 aromatic heterocycles. The first kappa shape index (κ1) is 15.6. The molecule has 1 amide bonds. The van der Waals surface area contributed by atoms with Crippen molar-refractivity contribution in [1.29, 1.82) is 0 Å². The molecule has 6 nitrogen and oxygen atoms in total. The van der Waals surface area contributed by atoms with Crippen LogP contribution in [-0.4, -0.2) is 43.2 Å². The summed E-state index contributed by atoms with van der Waals surface area (Å²) in [5.74, 6) is 0.309. The highest BCUT2D eigenvalue weighted by Gasteiger charge is 2.28. The van der Waals surface area contributed by atoms with E-state index in [9.17, 15) is 9.59 Å². The Bertz CT molecular complexity index is 787. The second kappa shape index (κ2) is 6.04. The molecule has 0 aliphatic carbocycles. The maximum absolute atomic E-state index is 12.7.